The van der Waals surface area contributed by atoms with Gasteiger partial charge in [0.1, 0.15) is 0 Å². The topological polar surface area (TPSA) is 69.3 Å². The van der Waals surface area contributed by atoms with Crippen LogP contribution in [0.5, 0.6) is 0 Å². The summed E-state index contributed by atoms with van der Waals surface area (Å²) < 4.78 is 0. The summed E-state index contributed by atoms with van der Waals surface area (Å²) in [5.74, 6) is 2.93. The van der Waals surface area contributed by atoms with Crippen molar-refractivity contribution in [1.82, 2.24) is 4.98 Å². The van der Waals surface area contributed by atoms with E-state index in [0.29, 0.717) is 29.6 Å². The smallest absolute Gasteiger partial charge is 0.668 e. The molecule has 44 heavy (non-hydrogen) atoms. The van der Waals surface area contributed by atoms with Gasteiger partial charge in [-0.1, -0.05) is 124 Å². The first-order chi connectivity index (χ1) is 20.2. The van der Waals surface area contributed by atoms with E-state index in [1.54, 1.807) is 42.3 Å². The summed E-state index contributed by atoms with van der Waals surface area (Å²) in [7, 11) is 10.5. The first-order valence-electron chi connectivity index (χ1n) is 15.7. The minimum absolute atomic E-state index is 0. The molecule has 0 atom stereocenters. The van der Waals surface area contributed by atoms with Gasteiger partial charge in [0.15, 0.2) is 0 Å². The van der Waals surface area contributed by atoms with E-state index in [1.165, 1.54) is 33.4 Å². The average Bonchev–Trinajstić information content (AvgIpc) is 2.93. The monoisotopic (exact) mass is 635 g/mol. The van der Waals surface area contributed by atoms with Crippen molar-refractivity contribution in [3.63, 3.8) is 0 Å². The SMILES string of the molecule is CC(C)c1cc(C(C)C)c(-c2cccc([N-]c3c(C(C)C)cccc3C(C)C)n2)c(C(C)C)c1.C[N-]C.C[N-]C.C[N-]C.[Ti+4]. The summed E-state index contributed by atoms with van der Waals surface area (Å²) >= 11 is 0. The number of nitrogens with zero attached hydrogens (tertiary/aromatic N) is 5. The fourth-order valence-electron chi connectivity index (χ4n) is 4.63. The molecule has 0 saturated carbocycles. The fraction of sp³-hybridized carbons (Fsp3) is 0.553. The summed E-state index contributed by atoms with van der Waals surface area (Å²) in [4.78, 5) is 5.13. The molecule has 3 rings (SSSR count). The molecule has 2 aromatic carbocycles. The number of pyridine rings is 1. The predicted octanol–water partition coefficient (Wildman–Crippen LogP) is 12.6. The zero-order valence-electron chi connectivity index (χ0n) is 30.7. The van der Waals surface area contributed by atoms with Crippen LogP contribution in [0, 0.1) is 0 Å². The summed E-state index contributed by atoms with van der Waals surface area (Å²) in [6, 6.07) is 17.7. The molecule has 1 aromatic heterocycles. The molecule has 3 aromatic rings. The molecule has 0 aliphatic rings. The molecule has 0 radical (unpaired) electrons. The van der Waals surface area contributed by atoms with E-state index in [1.807, 2.05) is 6.07 Å². The number of rotatable bonds is 8. The van der Waals surface area contributed by atoms with Crippen LogP contribution >= 0.6 is 0 Å². The standard InChI is InChI=1S/C32H43N2.3C2H6N.Ti/c1-19(2)24-17-27(22(7)8)31(28(18-24)23(9)10)29-15-12-16-30(33-29)34-32-25(20(3)4)13-11-14-26(32)21(5)6;3*1-3-2;/h11-23H,1-10H3;3*1-2H3;/q4*-1;+4. The molecule has 0 aliphatic heterocycles. The second-order valence-corrected chi connectivity index (χ2v) is 12.5. The van der Waals surface area contributed by atoms with Crippen LogP contribution in [0.25, 0.3) is 32.5 Å². The van der Waals surface area contributed by atoms with Crippen LogP contribution in [0.1, 0.15) is 127 Å². The minimum Gasteiger partial charge on any atom is -0.668 e. The first-order valence-corrected chi connectivity index (χ1v) is 15.7. The van der Waals surface area contributed by atoms with Crippen LogP contribution in [0.15, 0.2) is 48.5 Å². The Hall–Kier alpha value is -2.02. The molecule has 0 bridgehead atoms. The van der Waals surface area contributed by atoms with Crippen LogP contribution in [0.2, 0.25) is 0 Å². The Bertz CT molecular complexity index is 1130. The molecule has 0 saturated heterocycles. The van der Waals surface area contributed by atoms with Gasteiger partial charge in [0, 0.05) is 0 Å². The number of para-hydroxylation sites is 1. The van der Waals surface area contributed by atoms with E-state index < -0.39 is 0 Å². The zero-order chi connectivity index (χ0) is 33.3. The predicted molar refractivity (Wildman–Crippen MR) is 195 cm³/mol. The summed E-state index contributed by atoms with van der Waals surface area (Å²) in [6.45, 7) is 22.7. The molecule has 242 valence electrons. The van der Waals surface area contributed by atoms with Crippen LogP contribution in [0.3, 0.4) is 0 Å². The normalized spacial score (nSPS) is 10.5. The van der Waals surface area contributed by atoms with Crippen molar-refractivity contribution in [2.75, 3.05) is 42.3 Å². The Morgan fingerprint density at radius 2 is 0.864 bits per heavy atom. The van der Waals surface area contributed by atoms with E-state index in [9.17, 15) is 0 Å². The third-order valence-electron chi connectivity index (χ3n) is 6.69. The van der Waals surface area contributed by atoms with Crippen molar-refractivity contribution >= 4 is 11.5 Å². The van der Waals surface area contributed by atoms with Gasteiger partial charge in [-0.2, -0.15) is 42.3 Å². The summed E-state index contributed by atoms with van der Waals surface area (Å²) in [5.41, 5.74) is 10.1. The van der Waals surface area contributed by atoms with Gasteiger partial charge in [-0.05, 0) is 74.4 Å². The quantitative estimate of drug-likeness (QED) is 0.227. The van der Waals surface area contributed by atoms with Gasteiger partial charge in [0.05, 0.1) is 0 Å². The number of hydrogen-bond acceptors (Lipinski definition) is 1. The molecule has 6 heteroatoms. The summed E-state index contributed by atoms with van der Waals surface area (Å²) in [6.07, 6.45) is 0. The van der Waals surface area contributed by atoms with Gasteiger partial charge < -0.3 is 26.3 Å². The van der Waals surface area contributed by atoms with E-state index >= 15 is 0 Å². The van der Waals surface area contributed by atoms with Crippen molar-refractivity contribution in [3.8, 4) is 11.3 Å². The van der Waals surface area contributed by atoms with Crippen LogP contribution in [-0.2, 0) is 21.7 Å². The minimum atomic E-state index is 0. The van der Waals surface area contributed by atoms with Gasteiger partial charge in [-0.25, -0.2) is 0 Å². The molecular weight excluding hydrogens is 574 g/mol. The number of aromatic nitrogens is 1. The molecular formula is C38H61N5Ti. The van der Waals surface area contributed by atoms with Crippen molar-refractivity contribution in [2.24, 2.45) is 0 Å². The Morgan fingerprint density at radius 1 is 0.500 bits per heavy atom. The Kier molecular flexibility index (Phi) is 23.4. The summed E-state index contributed by atoms with van der Waals surface area (Å²) in [5, 5.41) is 15.7. The van der Waals surface area contributed by atoms with Crippen LogP contribution in [-0.4, -0.2) is 47.3 Å². The first kappa shape index (κ1) is 44.1. The van der Waals surface area contributed by atoms with Gasteiger partial charge in [-0.15, -0.1) is 0 Å². The van der Waals surface area contributed by atoms with E-state index in [0.717, 1.165) is 17.2 Å². The van der Waals surface area contributed by atoms with Gasteiger partial charge in [0.2, 0.25) is 0 Å². The van der Waals surface area contributed by atoms with E-state index in [4.69, 9.17) is 10.3 Å². The fourth-order valence-corrected chi connectivity index (χ4v) is 4.63. The molecule has 0 spiro atoms. The molecule has 0 amide bonds. The van der Waals surface area contributed by atoms with Crippen molar-refractivity contribution in [2.45, 2.75) is 98.8 Å². The van der Waals surface area contributed by atoms with Crippen molar-refractivity contribution < 1.29 is 21.7 Å². The molecule has 0 aliphatic carbocycles. The second-order valence-electron chi connectivity index (χ2n) is 12.5. The Labute approximate surface area is 287 Å². The molecule has 0 unspecified atom stereocenters. The van der Waals surface area contributed by atoms with E-state index in [2.05, 4.69) is 128 Å². The van der Waals surface area contributed by atoms with Crippen LogP contribution in [0.4, 0.5) is 11.5 Å². The maximum Gasteiger partial charge on any atom is 4.00 e. The molecule has 1 heterocycles. The molecule has 0 fully saturated rings. The van der Waals surface area contributed by atoms with E-state index in [-0.39, 0.29) is 21.7 Å². The van der Waals surface area contributed by atoms with Gasteiger partial charge in [0.25, 0.3) is 0 Å². The average molecular weight is 636 g/mol. The maximum absolute atomic E-state index is 5.15. The third kappa shape index (κ3) is 14.0. The van der Waals surface area contributed by atoms with Gasteiger partial charge >= 0.3 is 21.7 Å². The van der Waals surface area contributed by atoms with Crippen LogP contribution < -0.4 is 0 Å². The third-order valence-corrected chi connectivity index (χ3v) is 6.69. The molecule has 0 N–H and O–H groups in total. The van der Waals surface area contributed by atoms with Crippen molar-refractivity contribution in [3.05, 3.63) is 97.6 Å². The zero-order valence-corrected chi connectivity index (χ0v) is 32.3. The Balaban J connectivity index is 0. The number of hydrogen-bond donors (Lipinski definition) is 0. The Morgan fingerprint density at radius 3 is 1.20 bits per heavy atom. The largest absolute Gasteiger partial charge is 4.00 e. The van der Waals surface area contributed by atoms with Gasteiger partial charge in [-0.3, -0.25) is 0 Å². The van der Waals surface area contributed by atoms with Crippen molar-refractivity contribution in [1.29, 1.82) is 0 Å². The molecule has 5 nitrogen and oxygen atoms in total. The number of benzene rings is 2. The maximum atomic E-state index is 5.15. The second kappa shape index (κ2) is 23.3.